The number of benzene rings is 2. The summed E-state index contributed by atoms with van der Waals surface area (Å²) < 4.78 is 24.3. The molecule has 14 heteroatoms. The molecule has 0 saturated carbocycles. The monoisotopic (exact) mass is 545 g/mol. The van der Waals surface area contributed by atoms with Crippen molar-refractivity contribution < 1.29 is 23.1 Å². The molecule has 180 valence electrons. The zero-order chi connectivity index (χ0) is 24.8. The number of carbonyl (C=O) groups excluding carboxylic acids is 2. The molecule has 3 N–H and O–H groups in total. The topological polar surface area (TPSA) is 157 Å². The van der Waals surface area contributed by atoms with Gasteiger partial charge in [0.05, 0.1) is 10.2 Å². The highest BCUT2D eigenvalue weighted by molar-refractivity contribution is 9.10. The molecule has 4 rings (SSSR count). The fourth-order valence-corrected chi connectivity index (χ4v) is 3.37. The minimum Gasteiger partial charge on any atom is -0.363 e. The van der Waals surface area contributed by atoms with Gasteiger partial charge in [0.15, 0.2) is 5.69 Å². The molecule has 0 radical (unpaired) electrons. The van der Waals surface area contributed by atoms with Crippen LogP contribution in [0.3, 0.4) is 0 Å². The predicted molar refractivity (Wildman–Crippen MR) is 123 cm³/mol. The second-order valence-corrected chi connectivity index (χ2v) is 7.87. The summed E-state index contributed by atoms with van der Waals surface area (Å²) in [6.45, 7) is 0.437. The molecule has 4 aromatic rings. The lowest BCUT2D eigenvalue weighted by atomic mass is 10.2. The molecule has 2 aromatic heterocycles. The summed E-state index contributed by atoms with van der Waals surface area (Å²) in [5.74, 6) is -2.84. The third-order valence-electron chi connectivity index (χ3n) is 4.67. The molecule has 0 fully saturated rings. The van der Waals surface area contributed by atoms with Gasteiger partial charge in [-0.05, 0) is 50.0 Å². The number of nitrogens with zero attached hydrogens (tertiary/aromatic N) is 4. The van der Waals surface area contributed by atoms with Crippen molar-refractivity contribution in [3.05, 3.63) is 74.9 Å². The summed E-state index contributed by atoms with van der Waals surface area (Å²) in [6.07, 6.45) is 0. The lowest BCUT2D eigenvalue weighted by Gasteiger charge is -2.08. The number of aromatic nitrogens is 4. The van der Waals surface area contributed by atoms with Crippen LogP contribution in [0.4, 0.5) is 10.2 Å². The highest BCUT2D eigenvalue weighted by Crippen LogP contribution is 2.25. The quantitative estimate of drug-likeness (QED) is 0.221. The van der Waals surface area contributed by atoms with E-state index < -0.39 is 23.4 Å². The summed E-state index contributed by atoms with van der Waals surface area (Å²) in [6, 6.07) is 13.1. The SMILES string of the molecule is O=C(NCCNc1nonc1-c1noc(=O)n1-c1ccc(F)c(Br)c1)C(=O)NCc1ccccc1. The zero-order valence-corrected chi connectivity index (χ0v) is 19.4. The normalized spacial score (nSPS) is 10.7. The molecular formula is C21H17BrFN7O5. The Kier molecular flexibility index (Phi) is 7.30. The Balaban J connectivity index is 1.35. The van der Waals surface area contributed by atoms with E-state index in [0.29, 0.717) is 0 Å². The molecule has 2 heterocycles. The maximum atomic E-state index is 13.6. The van der Waals surface area contributed by atoms with Crippen LogP contribution < -0.4 is 21.7 Å². The minimum absolute atomic E-state index is 0.0402. The predicted octanol–water partition coefficient (Wildman–Crippen LogP) is 1.62. The van der Waals surface area contributed by atoms with Crippen LogP contribution in [-0.2, 0) is 16.1 Å². The van der Waals surface area contributed by atoms with Gasteiger partial charge in [0.1, 0.15) is 5.82 Å². The van der Waals surface area contributed by atoms with Crippen molar-refractivity contribution in [3.63, 3.8) is 0 Å². The van der Waals surface area contributed by atoms with Crippen molar-refractivity contribution >= 4 is 33.6 Å². The third-order valence-corrected chi connectivity index (χ3v) is 5.28. The molecule has 0 spiro atoms. The van der Waals surface area contributed by atoms with Crippen LogP contribution in [0.15, 0.2) is 67.0 Å². The zero-order valence-electron chi connectivity index (χ0n) is 17.8. The number of hydrogen-bond donors (Lipinski definition) is 3. The van der Waals surface area contributed by atoms with Crippen molar-refractivity contribution in [2.75, 3.05) is 18.4 Å². The standard InChI is InChI=1S/C21H17BrFN7O5/c22-14-10-13(6-7-15(14)23)30-18(29-34-21(30)33)16-17(28-35-27-16)24-8-9-25-19(31)20(32)26-11-12-4-2-1-3-5-12/h1-7,10H,8-9,11H2,(H,24,28)(H,25,31)(H,26,32). The fourth-order valence-electron chi connectivity index (χ4n) is 3.00. The van der Waals surface area contributed by atoms with Gasteiger partial charge in [-0.1, -0.05) is 35.5 Å². The number of rotatable bonds is 8. The average molecular weight is 546 g/mol. The molecule has 0 saturated heterocycles. The van der Waals surface area contributed by atoms with Crippen molar-refractivity contribution in [1.29, 1.82) is 0 Å². The molecule has 35 heavy (non-hydrogen) atoms. The number of hydrogen-bond acceptors (Lipinski definition) is 9. The van der Waals surface area contributed by atoms with E-state index in [4.69, 9.17) is 9.15 Å². The van der Waals surface area contributed by atoms with Gasteiger partial charge in [-0.15, -0.1) is 0 Å². The molecule has 0 atom stereocenters. The van der Waals surface area contributed by atoms with Crippen LogP contribution in [-0.4, -0.2) is 44.9 Å². The van der Waals surface area contributed by atoms with Crippen molar-refractivity contribution in [2.45, 2.75) is 6.54 Å². The first kappa shape index (κ1) is 23.8. The first-order valence-electron chi connectivity index (χ1n) is 10.1. The van der Waals surface area contributed by atoms with Crippen LogP contribution in [0.5, 0.6) is 0 Å². The maximum Gasteiger partial charge on any atom is 0.446 e. The molecule has 0 unspecified atom stereocenters. The summed E-state index contributed by atoms with van der Waals surface area (Å²) in [7, 11) is 0. The van der Waals surface area contributed by atoms with E-state index in [9.17, 15) is 18.8 Å². The number of nitrogens with one attached hydrogen (secondary N) is 3. The van der Waals surface area contributed by atoms with Crippen LogP contribution >= 0.6 is 15.9 Å². The largest absolute Gasteiger partial charge is 0.446 e. The van der Waals surface area contributed by atoms with Crippen LogP contribution in [0.2, 0.25) is 0 Å². The molecule has 0 aliphatic carbocycles. The van der Waals surface area contributed by atoms with Crippen LogP contribution in [0.25, 0.3) is 17.2 Å². The lowest BCUT2D eigenvalue weighted by Crippen LogP contribution is -2.41. The van der Waals surface area contributed by atoms with Gasteiger partial charge < -0.3 is 16.0 Å². The Hall–Kier alpha value is -4.33. The van der Waals surface area contributed by atoms with E-state index in [1.165, 1.54) is 18.2 Å². The first-order chi connectivity index (χ1) is 16.9. The van der Waals surface area contributed by atoms with Gasteiger partial charge in [-0.2, -0.15) is 0 Å². The second kappa shape index (κ2) is 10.7. The fraction of sp³-hybridized carbons (Fsp3) is 0.143. The van der Waals surface area contributed by atoms with Crippen molar-refractivity contribution in [1.82, 2.24) is 30.7 Å². The Morgan fingerprint density at radius 1 is 1.00 bits per heavy atom. The van der Waals surface area contributed by atoms with Gasteiger partial charge in [-0.25, -0.2) is 18.4 Å². The third kappa shape index (κ3) is 5.60. The van der Waals surface area contributed by atoms with Gasteiger partial charge in [-0.3, -0.25) is 14.1 Å². The van der Waals surface area contributed by atoms with Crippen LogP contribution in [0.1, 0.15) is 5.56 Å². The van der Waals surface area contributed by atoms with E-state index in [2.05, 4.69) is 47.4 Å². The Morgan fingerprint density at radius 2 is 1.77 bits per heavy atom. The van der Waals surface area contributed by atoms with E-state index in [-0.39, 0.29) is 47.1 Å². The first-order valence-corrected chi connectivity index (χ1v) is 10.9. The van der Waals surface area contributed by atoms with Crippen molar-refractivity contribution in [2.24, 2.45) is 0 Å². The number of anilines is 1. The van der Waals surface area contributed by atoms with Crippen molar-refractivity contribution in [3.8, 4) is 17.2 Å². The van der Waals surface area contributed by atoms with E-state index >= 15 is 0 Å². The lowest BCUT2D eigenvalue weighted by molar-refractivity contribution is -0.139. The molecule has 2 aromatic carbocycles. The van der Waals surface area contributed by atoms with E-state index in [0.717, 1.165) is 10.1 Å². The molecule has 0 aliphatic heterocycles. The van der Waals surface area contributed by atoms with Gasteiger partial charge >= 0.3 is 17.6 Å². The van der Waals surface area contributed by atoms with E-state index in [1.54, 1.807) is 0 Å². The Bertz CT molecular complexity index is 1400. The second-order valence-electron chi connectivity index (χ2n) is 7.02. The highest BCUT2D eigenvalue weighted by Gasteiger charge is 2.23. The average Bonchev–Trinajstić information content (AvgIpc) is 3.48. The highest BCUT2D eigenvalue weighted by atomic mass is 79.9. The number of halogens is 2. The van der Waals surface area contributed by atoms with Gasteiger partial charge in [0.25, 0.3) is 0 Å². The van der Waals surface area contributed by atoms with Gasteiger partial charge in [0.2, 0.25) is 11.6 Å². The number of carbonyl (C=O) groups is 2. The van der Waals surface area contributed by atoms with E-state index in [1.807, 2.05) is 30.3 Å². The summed E-state index contributed by atoms with van der Waals surface area (Å²) >= 11 is 3.07. The van der Waals surface area contributed by atoms with Gasteiger partial charge in [0, 0.05) is 19.6 Å². The summed E-state index contributed by atoms with van der Waals surface area (Å²) in [4.78, 5) is 36.1. The Morgan fingerprint density at radius 3 is 2.54 bits per heavy atom. The molecule has 12 nitrogen and oxygen atoms in total. The summed E-state index contributed by atoms with van der Waals surface area (Å²) in [5.41, 5.74) is 1.17. The maximum absolute atomic E-state index is 13.6. The minimum atomic E-state index is -0.832. The Labute approximate surface area is 204 Å². The smallest absolute Gasteiger partial charge is 0.363 e. The molecule has 2 amide bonds. The number of amides is 2. The molecule has 0 aliphatic rings. The summed E-state index contributed by atoms with van der Waals surface area (Å²) in [5, 5.41) is 19.1. The molecule has 0 bridgehead atoms. The van der Waals surface area contributed by atoms with Crippen LogP contribution in [0, 0.1) is 5.82 Å². The molecular weight excluding hydrogens is 529 g/mol.